The van der Waals surface area contributed by atoms with E-state index in [1.807, 2.05) is 24.5 Å². The van der Waals surface area contributed by atoms with Crippen LogP contribution < -0.4 is 10.7 Å². The Morgan fingerprint density at radius 1 is 1.27 bits per heavy atom. The number of benzene rings is 2. The molecule has 0 saturated carbocycles. The van der Waals surface area contributed by atoms with E-state index in [2.05, 4.69) is 5.32 Å². The highest BCUT2D eigenvalue weighted by atomic mass is 35.5. The van der Waals surface area contributed by atoms with E-state index in [0.29, 0.717) is 28.2 Å². The molecule has 0 fully saturated rings. The van der Waals surface area contributed by atoms with Crippen LogP contribution in [0.15, 0.2) is 47.4 Å². The van der Waals surface area contributed by atoms with Crippen LogP contribution in [0.25, 0.3) is 10.9 Å². The van der Waals surface area contributed by atoms with Crippen LogP contribution >= 0.6 is 11.6 Å². The second-order valence-electron chi connectivity index (χ2n) is 5.84. The van der Waals surface area contributed by atoms with E-state index in [9.17, 15) is 9.59 Å². The Morgan fingerprint density at radius 3 is 2.69 bits per heavy atom. The number of amides is 1. The van der Waals surface area contributed by atoms with Gasteiger partial charge in [0.25, 0.3) is 5.91 Å². The number of aromatic nitrogens is 1. The number of hydrogen-bond acceptors (Lipinski definition) is 3. The van der Waals surface area contributed by atoms with Crippen LogP contribution in [0.4, 0.5) is 5.69 Å². The third kappa shape index (κ3) is 2.96. The van der Waals surface area contributed by atoms with Crippen molar-refractivity contribution in [2.45, 2.75) is 20.4 Å². The molecule has 0 bridgehead atoms. The van der Waals surface area contributed by atoms with Crippen molar-refractivity contribution in [3.05, 3.63) is 74.5 Å². The molecule has 0 aliphatic rings. The van der Waals surface area contributed by atoms with Gasteiger partial charge in [-0.2, -0.15) is 5.26 Å². The normalized spacial score (nSPS) is 10.5. The van der Waals surface area contributed by atoms with E-state index < -0.39 is 5.91 Å². The van der Waals surface area contributed by atoms with E-state index in [1.165, 1.54) is 6.20 Å². The molecule has 0 radical (unpaired) electrons. The number of carbonyl (C=O) groups is 1. The third-order valence-electron chi connectivity index (χ3n) is 4.31. The molecule has 6 heteroatoms. The number of halogens is 1. The molecule has 1 heterocycles. The number of rotatable bonds is 3. The molecule has 1 aromatic heterocycles. The maximum Gasteiger partial charge on any atom is 0.261 e. The number of fused-ring (bicyclic) bond motifs is 1. The van der Waals surface area contributed by atoms with Crippen molar-refractivity contribution in [1.82, 2.24) is 4.57 Å². The Balaban J connectivity index is 2.15. The zero-order chi connectivity index (χ0) is 18.8. The Morgan fingerprint density at radius 2 is 2.00 bits per heavy atom. The monoisotopic (exact) mass is 365 g/mol. The zero-order valence-electron chi connectivity index (χ0n) is 14.3. The van der Waals surface area contributed by atoms with Gasteiger partial charge in [0.15, 0.2) is 0 Å². The molecule has 0 atom stereocenters. The van der Waals surface area contributed by atoms with E-state index in [4.69, 9.17) is 16.9 Å². The Bertz CT molecular complexity index is 1130. The van der Waals surface area contributed by atoms with E-state index in [-0.39, 0.29) is 11.0 Å². The first-order chi connectivity index (χ1) is 12.5. The maximum atomic E-state index is 12.9. The highest BCUT2D eigenvalue weighted by Crippen LogP contribution is 2.24. The van der Waals surface area contributed by atoms with Gasteiger partial charge in [0.05, 0.1) is 16.8 Å². The Hall–Kier alpha value is -3.10. The number of hydrogen-bond donors (Lipinski definition) is 1. The maximum absolute atomic E-state index is 12.9. The summed E-state index contributed by atoms with van der Waals surface area (Å²) in [5.74, 6) is -0.547. The molecule has 1 N–H and O–H groups in total. The van der Waals surface area contributed by atoms with Gasteiger partial charge in [-0.3, -0.25) is 9.59 Å². The van der Waals surface area contributed by atoms with Crippen LogP contribution in [-0.4, -0.2) is 10.5 Å². The average molecular weight is 366 g/mol. The minimum absolute atomic E-state index is 0.0221. The first-order valence-corrected chi connectivity index (χ1v) is 8.48. The molecule has 0 aliphatic heterocycles. The highest BCUT2D eigenvalue weighted by molar-refractivity contribution is 6.32. The molecule has 0 unspecified atom stereocenters. The molecule has 26 heavy (non-hydrogen) atoms. The van der Waals surface area contributed by atoms with Gasteiger partial charge >= 0.3 is 0 Å². The van der Waals surface area contributed by atoms with E-state index in [0.717, 1.165) is 11.1 Å². The summed E-state index contributed by atoms with van der Waals surface area (Å²) >= 11 is 6.19. The second kappa shape index (κ2) is 7.03. The van der Waals surface area contributed by atoms with E-state index >= 15 is 0 Å². The van der Waals surface area contributed by atoms with Crippen molar-refractivity contribution in [3.63, 3.8) is 0 Å². The Labute approximate surface area is 155 Å². The number of nitrogens with zero attached hydrogens (tertiary/aromatic N) is 2. The molecule has 3 rings (SSSR count). The van der Waals surface area contributed by atoms with Crippen molar-refractivity contribution in [3.8, 4) is 6.07 Å². The molecule has 130 valence electrons. The van der Waals surface area contributed by atoms with Gasteiger partial charge in [-0.25, -0.2) is 0 Å². The van der Waals surface area contributed by atoms with Gasteiger partial charge in [0, 0.05) is 23.2 Å². The largest absolute Gasteiger partial charge is 0.346 e. The predicted molar refractivity (Wildman–Crippen MR) is 103 cm³/mol. The standard InChI is InChI=1S/C20H16ClN3O2/c1-3-24-11-15(19(25)14-8-9-16(21)12(2)18(14)24)20(26)23-17-7-5-4-6-13(17)10-22/h4-9,11H,3H2,1-2H3,(H,23,26). The molecule has 3 aromatic rings. The van der Waals surface area contributed by atoms with Crippen LogP contribution in [0.3, 0.4) is 0 Å². The number of nitriles is 1. The molecule has 1 amide bonds. The van der Waals surface area contributed by atoms with Crippen LogP contribution in [0.5, 0.6) is 0 Å². The van der Waals surface area contributed by atoms with Crippen LogP contribution in [0, 0.1) is 18.3 Å². The lowest BCUT2D eigenvalue weighted by Crippen LogP contribution is -2.24. The lowest BCUT2D eigenvalue weighted by molar-refractivity contribution is 0.102. The summed E-state index contributed by atoms with van der Waals surface area (Å²) in [4.78, 5) is 25.6. The minimum atomic E-state index is -0.547. The summed E-state index contributed by atoms with van der Waals surface area (Å²) in [7, 11) is 0. The van der Waals surface area contributed by atoms with Gasteiger partial charge in [0.2, 0.25) is 5.43 Å². The molecule has 0 spiro atoms. The number of carbonyl (C=O) groups excluding carboxylic acids is 1. The van der Waals surface area contributed by atoms with Crippen molar-refractivity contribution >= 4 is 34.1 Å². The minimum Gasteiger partial charge on any atom is -0.346 e. The fourth-order valence-electron chi connectivity index (χ4n) is 2.94. The highest BCUT2D eigenvalue weighted by Gasteiger charge is 2.18. The molecule has 5 nitrogen and oxygen atoms in total. The second-order valence-corrected chi connectivity index (χ2v) is 6.25. The molecular weight excluding hydrogens is 350 g/mol. The topological polar surface area (TPSA) is 74.9 Å². The number of para-hydroxylation sites is 1. The number of nitrogens with one attached hydrogen (secondary N) is 1. The third-order valence-corrected chi connectivity index (χ3v) is 4.72. The van der Waals surface area contributed by atoms with Crippen LogP contribution in [0.2, 0.25) is 5.02 Å². The first-order valence-electron chi connectivity index (χ1n) is 8.10. The molecule has 2 aromatic carbocycles. The fraction of sp³-hybridized carbons (Fsp3) is 0.150. The van der Waals surface area contributed by atoms with Gasteiger partial charge in [-0.05, 0) is 43.7 Å². The zero-order valence-corrected chi connectivity index (χ0v) is 15.1. The molecular formula is C20H16ClN3O2. The summed E-state index contributed by atoms with van der Waals surface area (Å²) in [6.45, 7) is 4.35. The number of anilines is 1. The SMILES string of the molecule is CCn1cc(C(=O)Nc2ccccc2C#N)c(=O)c2ccc(Cl)c(C)c21. The lowest BCUT2D eigenvalue weighted by Gasteiger charge is -2.14. The van der Waals surface area contributed by atoms with Gasteiger partial charge in [-0.15, -0.1) is 0 Å². The lowest BCUT2D eigenvalue weighted by atomic mass is 10.1. The number of pyridine rings is 1. The molecule has 0 aliphatic carbocycles. The van der Waals surface area contributed by atoms with Gasteiger partial charge in [0.1, 0.15) is 11.6 Å². The quantitative estimate of drug-likeness (QED) is 0.759. The predicted octanol–water partition coefficient (Wildman–Crippen LogP) is 4.11. The van der Waals surface area contributed by atoms with Crippen LogP contribution in [-0.2, 0) is 6.54 Å². The van der Waals surface area contributed by atoms with Gasteiger partial charge in [-0.1, -0.05) is 23.7 Å². The van der Waals surface area contributed by atoms with Crippen LogP contribution in [0.1, 0.15) is 28.4 Å². The Kier molecular flexibility index (Phi) is 4.79. The number of aryl methyl sites for hydroxylation is 2. The van der Waals surface area contributed by atoms with Gasteiger partial charge < -0.3 is 9.88 Å². The van der Waals surface area contributed by atoms with Crippen molar-refractivity contribution in [2.75, 3.05) is 5.32 Å². The summed E-state index contributed by atoms with van der Waals surface area (Å²) in [5.41, 5.74) is 1.88. The van der Waals surface area contributed by atoms with Crippen molar-refractivity contribution in [2.24, 2.45) is 0 Å². The summed E-state index contributed by atoms with van der Waals surface area (Å²) in [5, 5.41) is 12.8. The van der Waals surface area contributed by atoms with Crippen molar-refractivity contribution < 1.29 is 4.79 Å². The first kappa shape index (κ1) is 17.7. The average Bonchev–Trinajstić information content (AvgIpc) is 2.65. The van der Waals surface area contributed by atoms with E-state index in [1.54, 1.807) is 36.4 Å². The fourth-order valence-corrected chi connectivity index (χ4v) is 3.10. The summed E-state index contributed by atoms with van der Waals surface area (Å²) in [6, 6.07) is 12.0. The summed E-state index contributed by atoms with van der Waals surface area (Å²) in [6.07, 6.45) is 1.54. The molecule has 0 saturated heterocycles. The summed E-state index contributed by atoms with van der Waals surface area (Å²) < 4.78 is 1.84. The van der Waals surface area contributed by atoms with Crippen molar-refractivity contribution in [1.29, 1.82) is 5.26 Å². The smallest absolute Gasteiger partial charge is 0.261 e.